The van der Waals surface area contributed by atoms with Crippen molar-refractivity contribution < 1.29 is 0 Å². The molecule has 19 heavy (non-hydrogen) atoms. The summed E-state index contributed by atoms with van der Waals surface area (Å²) < 4.78 is 0. The highest BCUT2D eigenvalue weighted by atomic mass is 15.2. The van der Waals surface area contributed by atoms with Crippen molar-refractivity contribution in [1.82, 2.24) is 15.4 Å². The number of aromatic nitrogens is 2. The quantitative estimate of drug-likeness (QED) is 0.552. The number of nitrogens with zero attached hydrogens (tertiary/aromatic N) is 2. The fourth-order valence-corrected chi connectivity index (χ4v) is 2.28. The molecule has 0 spiro atoms. The molecule has 0 aliphatic rings. The van der Waals surface area contributed by atoms with Crippen LogP contribution in [0.15, 0.2) is 61.1 Å². The lowest BCUT2D eigenvalue weighted by atomic mass is 9.97. The molecule has 1 aromatic carbocycles. The van der Waals surface area contributed by atoms with Gasteiger partial charge in [-0.2, -0.15) is 0 Å². The van der Waals surface area contributed by atoms with Crippen molar-refractivity contribution in [3.8, 4) is 0 Å². The maximum Gasteiger partial charge on any atom is 0.0753 e. The predicted molar refractivity (Wildman–Crippen MR) is 75.1 cm³/mol. The smallest absolute Gasteiger partial charge is 0.0753 e. The van der Waals surface area contributed by atoms with Crippen LogP contribution >= 0.6 is 0 Å². The average Bonchev–Trinajstić information content (AvgIpc) is 2.49. The summed E-state index contributed by atoms with van der Waals surface area (Å²) in [7, 11) is 0. The van der Waals surface area contributed by atoms with E-state index in [4.69, 9.17) is 5.84 Å². The minimum Gasteiger partial charge on any atom is -0.271 e. The number of rotatable bonds is 3. The molecule has 3 aromatic rings. The zero-order valence-corrected chi connectivity index (χ0v) is 10.3. The van der Waals surface area contributed by atoms with Crippen LogP contribution in [0.4, 0.5) is 0 Å². The fraction of sp³-hybridized carbons (Fsp3) is 0.0667. The Balaban J connectivity index is 2.17. The van der Waals surface area contributed by atoms with Crippen molar-refractivity contribution in [3.05, 3.63) is 72.2 Å². The molecule has 0 saturated heterocycles. The van der Waals surface area contributed by atoms with Crippen LogP contribution in [0.2, 0.25) is 0 Å². The van der Waals surface area contributed by atoms with Gasteiger partial charge in [-0.3, -0.25) is 15.8 Å². The van der Waals surface area contributed by atoms with E-state index < -0.39 is 0 Å². The monoisotopic (exact) mass is 250 g/mol. The van der Waals surface area contributed by atoms with E-state index >= 15 is 0 Å². The number of hydrogen-bond donors (Lipinski definition) is 2. The largest absolute Gasteiger partial charge is 0.271 e. The van der Waals surface area contributed by atoms with Gasteiger partial charge in [-0.05, 0) is 23.8 Å². The lowest BCUT2D eigenvalue weighted by Crippen LogP contribution is -2.29. The number of para-hydroxylation sites is 1. The third kappa shape index (κ3) is 2.19. The molecular weight excluding hydrogens is 236 g/mol. The Hall–Kier alpha value is -2.30. The van der Waals surface area contributed by atoms with Crippen molar-refractivity contribution in [1.29, 1.82) is 0 Å². The van der Waals surface area contributed by atoms with Crippen LogP contribution in [-0.2, 0) is 0 Å². The normalized spacial score (nSPS) is 12.5. The third-order valence-corrected chi connectivity index (χ3v) is 3.18. The van der Waals surface area contributed by atoms with E-state index in [0.717, 1.165) is 22.0 Å². The Bertz CT molecular complexity index is 677. The van der Waals surface area contributed by atoms with E-state index in [1.165, 1.54) is 0 Å². The van der Waals surface area contributed by atoms with Crippen molar-refractivity contribution in [3.63, 3.8) is 0 Å². The molecule has 0 bridgehead atoms. The molecule has 4 nitrogen and oxygen atoms in total. The number of hydrazine groups is 1. The van der Waals surface area contributed by atoms with E-state index in [1.54, 1.807) is 18.6 Å². The summed E-state index contributed by atoms with van der Waals surface area (Å²) in [5.74, 6) is 5.73. The lowest BCUT2D eigenvalue weighted by molar-refractivity contribution is 0.639. The summed E-state index contributed by atoms with van der Waals surface area (Å²) in [5, 5.41) is 1.11. The van der Waals surface area contributed by atoms with E-state index in [2.05, 4.69) is 15.4 Å². The number of benzene rings is 1. The van der Waals surface area contributed by atoms with Crippen LogP contribution in [0.1, 0.15) is 17.2 Å². The second-order valence-electron chi connectivity index (χ2n) is 4.30. The van der Waals surface area contributed by atoms with Crippen LogP contribution in [0.25, 0.3) is 10.9 Å². The number of pyridine rings is 2. The maximum absolute atomic E-state index is 5.73. The van der Waals surface area contributed by atoms with Gasteiger partial charge in [0.2, 0.25) is 0 Å². The van der Waals surface area contributed by atoms with Crippen LogP contribution in [0, 0.1) is 0 Å². The van der Waals surface area contributed by atoms with Crippen LogP contribution in [0.3, 0.4) is 0 Å². The standard InChI is InChI=1S/C15H14N4/c16-19-15(12-6-9-17-10-7-12)13-5-1-3-11-4-2-8-18-14(11)13/h1-10,15,19H,16H2. The summed E-state index contributed by atoms with van der Waals surface area (Å²) in [5.41, 5.74) is 5.95. The molecule has 0 amide bonds. The Morgan fingerprint density at radius 1 is 0.947 bits per heavy atom. The predicted octanol–water partition coefficient (Wildman–Crippen LogP) is 2.18. The zero-order valence-electron chi connectivity index (χ0n) is 10.3. The summed E-state index contributed by atoms with van der Waals surface area (Å²) >= 11 is 0. The molecule has 3 rings (SSSR count). The summed E-state index contributed by atoms with van der Waals surface area (Å²) in [6.45, 7) is 0. The van der Waals surface area contributed by atoms with Gasteiger partial charge in [-0.15, -0.1) is 0 Å². The van der Waals surface area contributed by atoms with E-state index in [-0.39, 0.29) is 6.04 Å². The molecule has 3 N–H and O–H groups in total. The first-order valence-electron chi connectivity index (χ1n) is 6.10. The molecule has 0 saturated carbocycles. The topological polar surface area (TPSA) is 63.8 Å². The maximum atomic E-state index is 5.73. The van der Waals surface area contributed by atoms with Gasteiger partial charge in [0.1, 0.15) is 0 Å². The van der Waals surface area contributed by atoms with Gasteiger partial charge in [0, 0.05) is 29.5 Å². The summed E-state index contributed by atoms with van der Waals surface area (Å²) in [6.07, 6.45) is 5.32. The minimum absolute atomic E-state index is 0.0957. The van der Waals surface area contributed by atoms with Gasteiger partial charge in [0.15, 0.2) is 0 Å². The number of fused-ring (bicyclic) bond motifs is 1. The first-order chi connectivity index (χ1) is 9.40. The zero-order chi connectivity index (χ0) is 13.1. The van der Waals surface area contributed by atoms with Gasteiger partial charge in [0.05, 0.1) is 11.6 Å². The molecule has 0 aliphatic carbocycles. The first-order valence-corrected chi connectivity index (χ1v) is 6.10. The number of nitrogens with two attached hydrogens (primary N) is 1. The second-order valence-corrected chi connectivity index (χ2v) is 4.30. The van der Waals surface area contributed by atoms with E-state index in [1.807, 2.05) is 42.5 Å². The SMILES string of the molecule is NNC(c1ccncc1)c1cccc2cccnc12. The highest BCUT2D eigenvalue weighted by Gasteiger charge is 2.15. The molecule has 1 atom stereocenters. The Labute approximate surface area is 111 Å². The van der Waals surface area contributed by atoms with Crippen molar-refractivity contribution in [2.75, 3.05) is 0 Å². The highest BCUT2D eigenvalue weighted by molar-refractivity contribution is 5.82. The molecule has 2 heterocycles. The molecular formula is C15H14N4. The molecule has 2 aromatic heterocycles. The van der Waals surface area contributed by atoms with Crippen molar-refractivity contribution in [2.45, 2.75) is 6.04 Å². The van der Waals surface area contributed by atoms with Crippen LogP contribution < -0.4 is 11.3 Å². The second kappa shape index (κ2) is 5.14. The number of hydrogen-bond acceptors (Lipinski definition) is 4. The molecule has 0 radical (unpaired) electrons. The van der Waals surface area contributed by atoms with Gasteiger partial charge >= 0.3 is 0 Å². The Morgan fingerprint density at radius 3 is 2.53 bits per heavy atom. The Morgan fingerprint density at radius 2 is 1.74 bits per heavy atom. The van der Waals surface area contributed by atoms with Gasteiger partial charge < -0.3 is 0 Å². The van der Waals surface area contributed by atoms with Crippen molar-refractivity contribution in [2.24, 2.45) is 5.84 Å². The molecule has 94 valence electrons. The number of nitrogens with one attached hydrogen (secondary N) is 1. The summed E-state index contributed by atoms with van der Waals surface area (Å²) in [4.78, 5) is 8.50. The minimum atomic E-state index is -0.0957. The van der Waals surface area contributed by atoms with Crippen LogP contribution in [0.5, 0.6) is 0 Å². The fourth-order valence-electron chi connectivity index (χ4n) is 2.28. The highest BCUT2D eigenvalue weighted by Crippen LogP contribution is 2.26. The first kappa shape index (κ1) is 11.8. The van der Waals surface area contributed by atoms with E-state index in [0.29, 0.717) is 0 Å². The lowest BCUT2D eigenvalue weighted by Gasteiger charge is -2.18. The average molecular weight is 250 g/mol. The van der Waals surface area contributed by atoms with Gasteiger partial charge in [-0.1, -0.05) is 24.3 Å². The molecule has 0 fully saturated rings. The van der Waals surface area contributed by atoms with Crippen LogP contribution in [-0.4, -0.2) is 9.97 Å². The summed E-state index contributed by atoms with van der Waals surface area (Å²) in [6, 6.07) is 13.9. The van der Waals surface area contributed by atoms with Gasteiger partial charge in [-0.25, -0.2) is 5.43 Å². The molecule has 0 aliphatic heterocycles. The van der Waals surface area contributed by atoms with E-state index in [9.17, 15) is 0 Å². The molecule has 4 heteroatoms. The third-order valence-electron chi connectivity index (χ3n) is 3.18. The van der Waals surface area contributed by atoms with Crippen molar-refractivity contribution >= 4 is 10.9 Å². The van der Waals surface area contributed by atoms with Gasteiger partial charge in [0.25, 0.3) is 0 Å². The molecule has 1 unspecified atom stereocenters. The Kier molecular flexibility index (Phi) is 3.18.